The van der Waals surface area contributed by atoms with Crippen molar-refractivity contribution >= 4 is 0 Å². The molecule has 0 bridgehead atoms. The van der Waals surface area contributed by atoms with Crippen molar-refractivity contribution in [1.29, 1.82) is 0 Å². The monoisotopic (exact) mass is 137 g/mol. The molecular weight excluding hydrogens is 122 g/mol. The van der Waals surface area contributed by atoms with Crippen LogP contribution in [0.25, 0.3) is 0 Å². The summed E-state index contributed by atoms with van der Waals surface area (Å²) in [6, 6.07) is 0.889. The molecule has 0 spiro atoms. The molecule has 3 rings (SSSR count). The minimum absolute atomic E-state index is 0.889. The van der Waals surface area contributed by atoms with Crippen LogP contribution in [-0.2, 0) is 0 Å². The van der Waals surface area contributed by atoms with Gasteiger partial charge in [-0.3, -0.25) is 0 Å². The highest BCUT2D eigenvalue weighted by Gasteiger charge is 2.66. The summed E-state index contributed by atoms with van der Waals surface area (Å²) in [6.45, 7) is 3.79. The van der Waals surface area contributed by atoms with E-state index in [9.17, 15) is 0 Å². The Balaban J connectivity index is 1.88. The molecule has 2 saturated carbocycles. The summed E-state index contributed by atoms with van der Waals surface area (Å²) < 4.78 is 0. The van der Waals surface area contributed by atoms with Crippen LogP contribution in [0.1, 0.15) is 13.3 Å². The van der Waals surface area contributed by atoms with Gasteiger partial charge in [0.05, 0.1) is 0 Å². The molecule has 3 fully saturated rings. The molecule has 0 N–H and O–H groups in total. The second-order valence-corrected chi connectivity index (χ2v) is 4.48. The normalized spacial score (nSPS) is 64.8. The Morgan fingerprint density at radius 1 is 1.20 bits per heavy atom. The minimum Gasteiger partial charge on any atom is -0.303 e. The van der Waals surface area contributed by atoms with Crippen molar-refractivity contribution in [3.05, 3.63) is 0 Å². The van der Waals surface area contributed by atoms with Gasteiger partial charge in [-0.05, 0) is 44.1 Å². The van der Waals surface area contributed by atoms with E-state index in [1.165, 1.54) is 18.4 Å². The van der Waals surface area contributed by atoms with Crippen molar-refractivity contribution in [3.63, 3.8) is 0 Å². The lowest BCUT2D eigenvalue weighted by molar-refractivity contribution is 0.102. The van der Waals surface area contributed by atoms with Crippen LogP contribution in [0, 0.1) is 23.7 Å². The number of nitrogens with zero attached hydrogens (tertiary/aromatic N) is 1. The van der Waals surface area contributed by atoms with E-state index in [0.29, 0.717) is 0 Å². The Morgan fingerprint density at radius 2 is 2.00 bits per heavy atom. The van der Waals surface area contributed by atoms with Crippen molar-refractivity contribution in [2.75, 3.05) is 13.6 Å². The first-order valence-corrected chi connectivity index (χ1v) is 4.49. The van der Waals surface area contributed by atoms with Crippen molar-refractivity contribution < 1.29 is 0 Å². The van der Waals surface area contributed by atoms with E-state index >= 15 is 0 Å². The third-order valence-corrected chi connectivity index (χ3v) is 4.25. The maximum Gasteiger partial charge on any atom is 0.00952 e. The Hall–Kier alpha value is -0.0400. The van der Waals surface area contributed by atoms with Gasteiger partial charge in [0.25, 0.3) is 0 Å². The molecule has 0 radical (unpaired) electrons. The second-order valence-electron chi connectivity index (χ2n) is 4.48. The molecule has 5 atom stereocenters. The summed E-state index contributed by atoms with van der Waals surface area (Å²) in [6.07, 6.45) is 1.56. The van der Waals surface area contributed by atoms with Crippen molar-refractivity contribution in [2.45, 2.75) is 19.4 Å². The SMILES string of the molecule is CC1C2CC3C(CN1C)C32. The van der Waals surface area contributed by atoms with Gasteiger partial charge in [0, 0.05) is 12.6 Å². The highest BCUT2D eigenvalue weighted by molar-refractivity contribution is 5.16. The van der Waals surface area contributed by atoms with Crippen LogP contribution in [0.5, 0.6) is 0 Å². The van der Waals surface area contributed by atoms with E-state index in [2.05, 4.69) is 18.9 Å². The summed E-state index contributed by atoms with van der Waals surface area (Å²) in [4.78, 5) is 2.55. The zero-order valence-corrected chi connectivity index (χ0v) is 6.75. The molecule has 1 heterocycles. The standard InChI is InChI=1S/C9H15N/c1-5-6-3-7-8(9(6)7)4-10(5)2/h5-9H,3-4H2,1-2H3. The number of likely N-dealkylation sites (tertiary alicyclic amines) is 1. The third-order valence-electron chi connectivity index (χ3n) is 4.25. The molecular formula is C9H15N. The maximum atomic E-state index is 2.55. The van der Waals surface area contributed by atoms with E-state index < -0.39 is 0 Å². The summed E-state index contributed by atoms with van der Waals surface area (Å²) in [5.74, 6) is 4.59. The minimum atomic E-state index is 0.889. The number of rotatable bonds is 0. The molecule has 1 heteroatoms. The van der Waals surface area contributed by atoms with E-state index in [0.717, 1.165) is 17.9 Å². The van der Waals surface area contributed by atoms with Gasteiger partial charge >= 0.3 is 0 Å². The van der Waals surface area contributed by atoms with Crippen LogP contribution in [0.3, 0.4) is 0 Å². The van der Waals surface area contributed by atoms with Crippen LogP contribution in [0.4, 0.5) is 0 Å². The van der Waals surface area contributed by atoms with E-state index in [4.69, 9.17) is 0 Å². The molecule has 0 aromatic carbocycles. The summed E-state index contributed by atoms with van der Waals surface area (Å²) in [7, 11) is 2.29. The fourth-order valence-corrected chi connectivity index (χ4v) is 3.32. The number of hydrogen-bond acceptors (Lipinski definition) is 1. The van der Waals surface area contributed by atoms with Crippen LogP contribution < -0.4 is 0 Å². The predicted octanol–water partition coefficient (Wildman–Crippen LogP) is 1.20. The average Bonchev–Trinajstić information content (AvgIpc) is 2.36. The summed E-state index contributed by atoms with van der Waals surface area (Å²) in [5, 5.41) is 0. The van der Waals surface area contributed by atoms with Crippen molar-refractivity contribution in [3.8, 4) is 0 Å². The predicted molar refractivity (Wildman–Crippen MR) is 40.7 cm³/mol. The molecule has 1 saturated heterocycles. The Kier molecular flexibility index (Phi) is 0.797. The van der Waals surface area contributed by atoms with Crippen molar-refractivity contribution in [2.24, 2.45) is 23.7 Å². The van der Waals surface area contributed by atoms with Gasteiger partial charge in [-0.1, -0.05) is 0 Å². The Bertz CT molecular complexity index is 174. The maximum absolute atomic E-state index is 2.55. The summed E-state index contributed by atoms with van der Waals surface area (Å²) in [5.41, 5.74) is 0. The van der Waals surface area contributed by atoms with Gasteiger partial charge < -0.3 is 4.90 Å². The van der Waals surface area contributed by atoms with Gasteiger partial charge in [0.2, 0.25) is 0 Å². The van der Waals surface area contributed by atoms with E-state index in [-0.39, 0.29) is 0 Å². The average molecular weight is 137 g/mol. The van der Waals surface area contributed by atoms with Crippen LogP contribution >= 0.6 is 0 Å². The molecule has 1 aliphatic heterocycles. The Labute approximate surface area is 62.4 Å². The van der Waals surface area contributed by atoms with E-state index in [1.54, 1.807) is 6.42 Å². The summed E-state index contributed by atoms with van der Waals surface area (Å²) >= 11 is 0. The topological polar surface area (TPSA) is 3.24 Å². The molecule has 0 amide bonds. The number of hydrogen-bond donors (Lipinski definition) is 0. The first-order valence-electron chi connectivity index (χ1n) is 4.49. The zero-order valence-electron chi connectivity index (χ0n) is 6.75. The van der Waals surface area contributed by atoms with Gasteiger partial charge in [0.15, 0.2) is 0 Å². The molecule has 0 aromatic heterocycles. The molecule has 2 aliphatic carbocycles. The molecule has 5 unspecified atom stereocenters. The van der Waals surface area contributed by atoms with Gasteiger partial charge in [-0.15, -0.1) is 0 Å². The molecule has 0 aromatic rings. The van der Waals surface area contributed by atoms with Gasteiger partial charge in [0.1, 0.15) is 0 Å². The van der Waals surface area contributed by atoms with Crippen LogP contribution in [0.2, 0.25) is 0 Å². The fourth-order valence-electron chi connectivity index (χ4n) is 3.32. The lowest BCUT2D eigenvalue weighted by Gasteiger charge is -2.38. The number of piperidine rings is 1. The van der Waals surface area contributed by atoms with Crippen LogP contribution in [-0.4, -0.2) is 24.5 Å². The quantitative estimate of drug-likeness (QED) is 0.485. The molecule has 56 valence electrons. The fraction of sp³-hybridized carbons (Fsp3) is 1.00. The van der Waals surface area contributed by atoms with Gasteiger partial charge in [-0.2, -0.15) is 0 Å². The molecule has 1 nitrogen and oxygen atoms in total. The first kappa shape index (κ1) is 5.59. The molecule has 10 heavy (non-hydrogen) atoms. The lowest BCUT2D eigenvalue weighted by atomic mass is 9.79. The highest BCUT2D eigenvalue weighted by atomic mass is 15.2. The third kappa shape index (κ3) is 0.430. The van der Waals surface area contributed by atoms with Crippen LogP contribution in [0.15, 0.2) is 0 Å². The molecule has 3 aliphatic rings. The largest absolute Gasteiger partial charge is 0.303 e. The Morgan fingerprint density at radius 3 is 2.80 bits per heavy atom. The van der Waals surface area contributed by atoms with Crippen molar-refractivity contribution in [1.82, 2.24) is 4.90 Å². The zero-order chi connectivity index (χ0) is 6.88. The first-order chi connectivity index (χ1) is 4.79. The highest BCUT2D eigenvalue weighted by Crippen LogP contribution is 2.68. The number of fused-ring (bicyclic) bond motifs is 1. The van der Waals surface area contributed by atoms with E-state index in [1.807, 2.05) is 0 Å². The second kappa shape index (κ2) is 1.42. The smallest absolute Gasteiger partial charge is 0.00952 e. The lowest BCUT2D eigenvalue weighted by Crippen LogP contribution is -2.42. The van der Waals surface area contributed by atoms with Gasteiger partial charge in [-0.25, -0.2) is 0 Å².